The molecule has 28 heavy (non-hydrogen) atoms. The molecule has 0 fully saturated rings. The Morgan fingerprint density at radius 2 is 1.89 bits per heavy atom. The van der Waals surface area contributed by atoms with E-state index >= 15 is 0 Å². The molecule has 140 valence electrons. The molecule has 0 saturated carbocycles. The quantitative estimate of drug-likeness (QED) is 0.460. The second-order valence-corrected chi connectivity index (χ2v) is 7.31. The highest BCUT2D eigenvalue weighted by Crippen LogP contribution is 2.28. The zero-order chi connectivity index (χ0) is 19.7. The molecule has 0 saturated heterocycles. The number of carboxylic acid groups (broad SMARTS) is 1. The molecule has 0 aliphatic rings. The Kier molecular flexibility index (Phi) is 4.79. The van der Waals surface area contributed by atoms with Gasteiger partial charge in [0.05, 0.1) is 5.56 Å². The van der Waals surface area contributed by atoms with Crippen molar-refractivity contribution in [3.05, 3.63) is 70.0 Å². The van der Waals surface area contributed by atoms with Crippen LogP contribution in [0.1, 0.15) is 28.5 Å². The molecule has 0 atom stereocenters. The van der Waals surface area contributed by atoms with E-state index < -0.39 is 5.97 Å². The van der Waals surface area contributed by atoms with Crippen molar-refractivity contribution in [2.24, 2.45) is 0 Å². The highest BCUT2D eigenvalue weighted by atomic mass is 32.1. The van der Waals surface area contributed by atoms with Crippen molar-refractivity contribution in [1.29, 1.82) is 0 Å². The number of rotatable bonds is 5. The third-order valence-corrected chi connectivity index (χ3v) is 5.38. The molecule has 5 nitrogen and oxygen atoms in total. The van der Waals surface area contributed by atoms with E-state index in [1.807, 2.05) is 48.0 Å². The fraction of sp³-hybridized carbons (Fsp3) is 0.136. The number of aryl methyl sites for hydroxylation is 1. The summed E-state index contributed by atoms with van der Waals surface area (Å²) in [5, 5.41) is 18.5. The maximum atomic E-state index is 11.2. The largest absolute Gasteiger partial charge is 0.478 e. The van der Waals surface area contributed by atoms with Crippen LogP contribution in [0.15, 0.2) is 53.2 Å². The number of aromatic nitrogens is 2. The van der Waals surface area contributed by atoms with Gasteiger partial charge in [-0.2, -0.15) is 11.3 Å². The standard InChI is InChI=1S/C22H19N3O2S/c1-3-19-13(2)23-20(17-8-9-28-12-17)25-21(19)24-18-7-6-14-10-16(22(26)27)5-4-15(14)11-18/h4-12H,3H2,1-2H3,(H,26,27)(H,23,24,25). The maximum Gasteiger partial charge on any atom is 0.335 e. The number of fused-ring (bicyclic) bond motifs is 1. The average Bonchev–Trinajstić information content (AvgIpc) is 3.22. The second kappa shape index (κ2) is 7.40. The lowest BCUT2D eigenvalue weighted by Gasteiger charge is -2.14. The minimum Gasteiger partial charge on any atom is -0.478 e. The monoisotopic (exact) mass is 389 g/mol. The summed E-state index contributed by atoms with van der Waals surface area (Å²) >= 11 is 1.62. The van der Waals surface area contributed by atoms with Crippen LogP contribution in [0.3, 0.4) is 0 Å². The van der Waals surface area contributed by atoms with E-state index in [9.17, 15) is 4.79 Å². The van der Waals surface area contributed by atoms with Crippen LogP contribution in [-0.2, 0) is 6.42 Å². The summed E-state index contributed by atoms with van der Waals surface area (Å²) in [7, 11) is 0. The van der Waals surface area contributed by atoms with E-state index in [0.717, 1.165) is 45.5 Å². The van der Waals surface area contributed by atoms with Crippen LogP contribution in [0, 0.1) is 6.92 Å². The van der Waals surface area contributed by atoms with E-state index in [2.05, 4.69) is 17.2 Å². The van der Waals surface area contributed by atoms with Gasteiger partial charge in [-0.1, -0.05) is 19.1 Å². The van der Waals surface area contributed by atoms with Gasteiger partial charge in [0, 0.05) is 27.9 Å². The lowest BCUT2D eigenvalue weighted by Crippen LogP contribution is -2.05. The van der Waals surface area contributed by atoms with E-state index in [-0.39, 0.29) is 5.56 Å². The Bertz CT molecular complexity index is 1170. The Labute approximate surface area is 166 Å². The van der Waals surface area contributed by atoms with Crippen molar-refractivity contribution in [1.82, 2.24) is 9.97 Å². The Hall–Kier alpha value is -3.25. The molecule has 2 aromatic carbocycles. The molecule has 4 rings (SSSR count). The number of nitrogens with one attached hydrogen (secondary N) is 1. The number of hydrogen-bond acceptors (Lipinski definition) is 5. The predicted octanol–water partition coefficient (Wildman–Crippen LogP) is 5.67. The van der Waals surface area contributed by atoms with Crippen molar-refractivity contribution in [3.8, 4) is 11.4 Å². The number of thiophene rings is 1. The van der Waals surface area contributed by atoms with Gasteiger partial charge in [0.2, 0.25) is 0 Å². The Balaban J connectivity index is 1.73. The molecular formula is C22H19N3O2S. The SMILES string of the molecule is CCc1c(C)nc(-c2ccsc2)nc1Nc1ccc2cc(C(=O)O)ccc2c1. The van der Waals surface area contributed by atoms with E-state index in [0.29, 0.717) is 5.82 Å². The molecule has 4 aromatic rings. The number of carboxylic acids is 1. The summed E-state index contributed by atoms with van der Waals surface area (Å²) < 4.78 is 0. The van der Waals surface area contributed by atoms with Crippen LogP contribution < -0.4 is 5.32 Å². The van der Waals surface area contributed by atoms with Crippen LogP contribution in [0.5, 0.6) is 0 Å². The fourth-order valence-electron chi connectivity index (χ4n) is 3.24. The first-order valence-corrected chi connectivity index (χ1v) is 9.93. The topological polar surface area (TPSA) is 75.1 Å². The molecule has 0 aliphatic carbocycles. The van der Waals surface area contributed by atoms with Crippen LogP contribution in [0.25, 0.3) is 22.2 Å². The predicted molar refractivity (Wildman–Crippen MR) is 114 cm³/mol. The summed E-state index contributed by atoms with van der Waals surface area (Å²) in [6.07, 6.45) is 0.827. The minimum atomic E-state index is -0.922. The summed E-state index contributed by atoms with van der Waals surface area (Å²) in [4.78, 5) is 20.6. The van der Waals surface area contributed by atoms with Crippen molar-refractivity contribution >= 4 is 39.6 Å². The molecule has 0 amide bonds. The van der Waals surface area contributed by atoms with Gasteiger partial charge in [-0.3, -0.25) is 0 Å². The highest BCUT2D eigenvalue weighted by molar-refractivity contribution is 7.08. The van der Waals surface area contributed by atoms with E-state index in [4.69, 9.17) is 10.1 Å². The molecule has 0 unspecified atom stereocenters. The first-order valence-electron chi connectivity index (χ1n) is 8.99. The van der Waals surface area contributed by atoms with E-state index in [1.165, 1.54) is 0 Å². The number of anilines is 2. The minimum absolute atomic E-state index is 0.285. The highest BCUT2D eigenvalue weighted by Gasteiger charge is 2.13. The fourth-order valence-corrected chi connectivity index (χ4v) is 3.87. The Morgan fingerprint density at radius 1 is 1.11 bits per heavy atom. The van der Waals surface area contributed by atoms with Gasteiger partial charge in [0.1, 0.15) is 5.82 Å². The first kappa shape index (κ1) is 18.1. The normalized spacial score (nSPS) is 10.9. The molecule has 2 aromatic heterocycles. The van der Waals surface area contributed by atoms with Gasteiger partial charge in [0.25, 0.3) is 0 Å². The van der Waals surface area contributed by atoms with Gasteiger partial charge in [0.15, 0.2) is 5.82 Å². The molecular weight excluding hydrogens is 370 g/mol. The zero-order valence-corrected chi connectivity index (χ0v) is 16.4. The summed E-state index contributed by atoms with van der Waals surface area (Å²) in [6.45, 7) is 4.10. The van der Waals surface area contributed by atoms with Crippen LogP contribution in [0.4, 0.5) is 11.5 Å². The summed E-state index contributed by atoms with van der Waals surface area (Å²) in [5.74, 6) is 0.595. The number of hydrogen-bond donors (Lipinski definition) is 2. The van der Waals surface area contributed by atoms with E-state index in [1.54, 1.807) is 23.5 Å². The van der Waals surface area contributed by atoms with Gasteiger partial charge in [-0.25, -0.2) is 14.8 Å². The smallest absolute Gasteiger partial charge is 0.335 e. The Morgan fingerprint density at radius 3 is 2.61 bits per heavy atom. The number of aromatic carboxylic acids is 1. The molecule has 0 radical (unpaired) electrons. The lowest BCUT2D eigenvalue weighted by atomic mass is 10.1. The molecule has 0 bridgehead atoms. The summed E-state index contributed by atoms with van der Waals surface area (Å²) in [5.41, 5.74) is 4.25. The van der Waals surface area contributed by atoms with Gasteiger partial charge >= 0.3 is 5.97 Å². The number of nitrogens with zero attached hydrogens (tertiary/aromatic N) is 2. The van der Waals surface area contributed by atoms with Gasteiger partial charge in [-0.15, -0.1) is 0 Å². The van der Waals surface area contributed by atoms with Crippen molar-refractivity contribution < 1.29 is 9.90 Å². The second-order valence-electron chi connectivity index (χ2n) is 6.53. The first-order chi connectivity index (χ1) is 13.5. The van der Waals surface area contributed by atoms with Crippen molar-refractivity contribution in [2.45, 2.75) is 20.3 Å². The molecule has 6 heteroatoms. The zero-order valence-electron chi connectivity index (χ0n) is 15.6. The van der Waals surface area contributed by atoms with Gasteiger partial charge in [-0.05, 0) is 59.8 Å². The van der Waals surface area contributed by atoms with Crippen LogP contribution >= 0.6 is 11.3 Å². The summed E-state index contributed by atoms with van der Waals surface area (Å²) in [6, 6.07) is 13.0. The van der Waals surface area contributed by atoms with Crippen LogP contribution in [-0.4, -0.2) is 21.0 Å². The number of benzene rings is 2. The average molecular weight is 389 g/mol. The van der Waals surface area contributed by atoms with Crippen molar-refractivity contribution in [3.63, 3.8) is 0 Å². The maximum absolute atomic E-state index is 11.2. The van der Waals surface area contributed by atoms with Crippen molar-refractivity contribution in [2.75, 3.05) is 5.32 Å². The third-order valence-electron chi connectivity index (χ3n) is 4.70. The molecule has 2 N–H and O–H groups in total. The molecule has 0 aliphatic heterocycles. The lowest BCUT2D eigenvalue weighted by molar-refractivity contribution is 0.0697. The molecule has 0 spiro atoms. The van der Waals surface area contributed by atoms with Gasteiger partial charge < -0.3 is 10.4 Å². The van der Waals surface area contributed by atoms with Crippen LogP contribution in [0.2, 0.25) is 0 Å². The number of carbonyl (C=O) groups is 1. The third kappa shape index (κ3) is 3.46. The molecule has 2 heterocycles.